The molecule has 0 aromatic heterocycles. The van der Waals surface area contributed by atoms with Crippen LogP contribution >= 0.6 is 0 Å². The van der Waals surface area contributed by atoms with Gasteiger partial charge in [0, 0.05) is 19.2 Å². The fraction of sp³-hybridized carbons (Fsp3) is 0.500. The molecule has 0 atom stereocenters. The normalized spacial score (nSPS) is 10.3. The van der Waals surface area contributed by atoms with Crippen molar-refractivity contribution in [3.05, 3.63) is 28.1 Å². The number of rotatable bonds is 8. The highest BCUT2D eigenvalue weighted by Crippen LogP contribution is 2.32. The average Bonchev–Trinajstić information content (AvgIpc) is 2.39. The number of nitrogens with one attached hydrogen (secondary N) is 1. The molecule has 0 heterocycles. The third-order valence-corrected chi connectivity index (χ3v) is 2.62. The first kappa shape index (κ1) is 15.2. The standard InChI is InChI=1S/C12H17FN2O4/c1-19-12-8-10(14-5-3-2-4-6-16)9(13)7-11(12)15(17)18/h7-8,14,16H,2-6H2,1H3. The summed E-state index contributed by atoms with van der Waals surface area (Å²) in [5.41, 5.74) is -0.225. The van der Waals surface area contributed by atoms with Crippen LogP contribution in [-0.2, 0) is 0 Å². The highest BCUT2D eigenvalue weighted by Gasteiger charge is 2.18. The van der Waals surface area contributed by atoms with Crippen molar-refractivity contribution in [1.82, 2.24) is 0 Å². The molecule has 0 aliphatic heterocycles. The number of hydrogen-bond donors (Lipinski definition) is 2. The number of nitro benzene ring substituents is 1. The van der Waals surface area contributed by atoms with Gasteiger partial charge >= 0.3 is 5.69 Å². The summed E-state index contributed by atoms with van der Waals surface area (Å²) in [6.07, 6.45) is 2.31. The van der Waals surface area contributed by atoms with Gasteiger partial charge in [0.05, 0.1) is 23.8 Å². The van der Waals surface area contributed by atoms with E-state index in [9.17, 15) is 14.5 Å². The molecule has 1 aromatic rings. The zero-order valence-electron chi connectivity index (χ0n) is 10.7. The van der Waals surface area contributed by atoms with E-state index in [2.05, 4.69) is 5.32 Å². The number of benzene rings is 1. The molecule has 0 unspecified atom stereocenters. The quantitative estimate of drug-likeness (QED) is 0.431. The Kier molecular flexibility index (Phi) is 6.01. The van der Waals surface area contributed by atoms with Gasteiger partial charge in [0.2, 0.25) is 0 Å². The Labute approximate surface area is 110 Å². The highest BCUT2D eigenvalue weighted by molar-refractivity contribution is 5.59. The van der Waals surface area contributed by atoms with Crippen molar-refractivity contribution in [3.63, 3.8) is 0 Å². The van der Waals surface area contributed by atoms with E-state index in [0.717, 1.165) is 18.9 Å². The lowest BCUT2D eigenvalue weighted by molar-refractivity contribution is -0.385. The molecule has 0 saturated carbocycles. The molecule has 7 heteroatoms. The minimum absolute atomic E-state index is 0.0178. The number of ether oxygens (including phenoxy) is 1. The Balaban J connectivity index is 2.71. The molecule has 0 bridgehead atoms. The van der Waals surface area contributed by atoms with Crippen LogP contribution in [0.3, 0.4) is 0 Å². The molecule has 0 aliphatic rings. The maximum Gasteiger partial charge on any atom is 0.313 e. The smallest absolute Gasteiger partial charge is 0.313 e. The molecule has 6 nitrogen and oxygen atoms in total. The van der Waals surface area contributed by atoms with E-state index >= 15 is 0 Å². The third-order valence-electron chi connectivity index (χ3n) is 2.62. The van der Waals surface area contributed by atoms with Gasteiger partial charge in [0.15, 0.2) is 11.6 Å². The van der Waals surface area contributed by atoms with Gasteiger partial charge in [-0.25, -0.2) is 4.39 Å². The minimum Gasteiger partial charge on any atom is -0.490 e. The van der Waals surface area contributed by atoms with E-state index in [1.165, 1.54) is 13.2 Å². The predicted molar refractivity (Wildman–Crippen MR) is 69.0 cm³/mol. The monoisotopic (exact) mass is 272 g/mol. The van der Waals surface area contributed by atoms with E-state index in [1.807, 2.05) is 0 Å². The first-order valence-corrected chi connectivity index (χ1v) is 5.96. The Morgan fingerprint density at radius 3 is 2.74 bits per heavy atom. The van der Waals surface area contributed by atoms with E-state index in [-0.39, 0.29) is 18.0 Å². The molecule has 2 N–H and O–H groups in total. The molecule has 0 saturated heterocycles. The number of methoxy groups -OCH3 is 1. The Bertz CT molecular complexity index is 440. The van der Waals surface area contributed by atoms with Crippen LogP contribution in [-0.4, -0.2) is 30.3 Å². The molecule has 0 spiro atoms. The van der Waals surface area contributed by atoms with E-state index in [0.29, 0.717) is 13.0 Å². The first-order chi connectivity index (χ1) is 9.10. The van der Waals surface area contributed by atoms with Crippen molar-refractivity contribution >= 4 is 11.4 Å². The van der Waals surface area contributed by atoms with Crippen molar-refractivity contribution in [3.8, 4) is 5.75 Å². The molecule has 0 aliphatic carbocycles. The molecule has 0 fully saturated rings. The van der Waals surface area contributed by atoms with Crippen LogP contribution in [0.25, 0.3) is 0 Å². The number of hydrogen-bond acceptors (Lipinski definition) is 5. The van der Waals surface area contributed by atoms with E-state index in [4.69, 9.17) is 9.84 Å². The van der Waals surface area contributed by atoms with E-state index < -0.39 is 16.4 Å². The lowest BCUT2D eigenvalue weighted by atomic mass is 10.2. The number of halogens is 1. The van der Waals surface area contributed by atoms with Crippen LogP contribution < -0.4 is 10.1 Å². The van der Waals surface area contributed by atoms with Gasteiger partial charge in [-0.05, 0) is 19.3 Å². The second kappa shape index (κ2) is 7.52. The van der Waals surface area contributed by atoms with Crippen molar-refractivity contribution in [2.75, 3.05) is 25.6 Å². The summed E-state index contributed by atoms with van der Waals surface area (Å²) >= 11 is 0. The van der Waals surface area contributed by atoms with Gasteiger partial charge in [-0.2, -0.15) is 0 Å². The predicted octanol–water partition coefficient (Wildman–Crippen LogP) is 2.32. The van der Waals surface area contributed by atoms with Crippen LogP contribution in [0.2, 0.25) is 0 Å². The maximum atomic E-state index is 13.6. The number of nitro groups is 1. The van der Waals surface area contributed by atoms with Crippen LogP contribution in [0, 0.1) is 15.9 Å². The molecular formula is C12H17FN2O4. The molecule has 106 valence electrons. The second-order valence-corrected chi connectivity index (χ2v) is 3.97. The zero-order chi connectivity index (χ0) is 14.3. The number of anilines is 1. The Morgan fingerprint density at radius 2 is 2.16 bits per heavy atom. The third kappa shape index (κ3) is 4.36. The Morgan fingerprint density at radius 1 is 1.42 bits per heavy atom. The summed E-state index contributed by atoms with van der Waals surface area (Å²) in [5, 5.41) is 22.2. The average molecular weight is 272 g/mol. The van der Waals surface area contributed by atoms with Crippen LogP contribution in [0.4, 0.5) is 15.8 Å². The van der Waals surface area contributed by atoms with Crippen molar-refractivity contribution < 1.29 is 19.2 Å². The summed E-state index contributed by atoms with van der Waals surface area (Å²) < 4.78 is 18.5. The molecule has 1 rings (SSSR count). The van der Waals surface area contributed by atoms with Gasteiger partial charge < -0.3 is 15.2 Å². The Hall–Kier alpha value is -1.89. The minimum atomic E-state index is -0.688. The molecule has 19 heavy (non-hydrogen) atoms. The fourth-order valence-corrected chi connectivity index (χ4v) is 1.62. The summed E-state index contributed by atoms with van der Waals surface area (Å²) in [6, 6.07) is 2.12. The maximum absolute atomic E-state index is 13.6. The SMILES string of the molecule is COc1cc(NCCCCCO)c(F)cc1[N+](=O)[O-]. The first-order valence-electron chi connectivity index (χ1n) is 5.96. The number of aliphatic hydroxyl groups is 1. The zero-order valence-corrected chi connectivity index (χ0v) is 10.7. The lowest BCUT2D eigenvalue weighted by Gasteiger charge is -2.09. The van der Waals surface area contributed by atoms with Gasteiger partial charge in [-0.1, -0.05) is 0 Å². The summed E-state index contributed by atoms with van der Waals surface area (Å²) in [7, 11) is 1.30. The van der Waals surface area contributed by atoms with Crippen LogP contribution in [0.5, 0.6) is 5.75 Å². The van der Waals surface area contributed by atoms with Gasteiger partial charge in [0.1, 0.15) is 0 Å². The van der Waals surface area contributed by atoms with Crippen LogP contribution in [0.15, 0.2) is 12.1 Å². The summed E-state index contributed by atoms with van der Waals surface area (Å²) in [5.74, 6) is -0.668. The molecule has 0 amide bonds. The van der Waals surface area contributed by atoms with Crippen molar-refractivity contribution in [1.29, 1.82) is 0 Å². The number of nitrogens with zero attached hydrogens (tertiary/aromatic N) is 1. The topological polar surface area (TPSA) is 84.6 Å². The summed E-state index contributed by atoms with van der Waals surface area (Å²) in [4.78, 5) is 10.0. The van der Waals surface area contributed by atoms with Gasteiger partial charge in [0.25, 0.3) is 0 Å². The van der Waals surface area contributed by atoms with Crippen LogP contribution in [0.1, 0.15) is 19.3 Å². The lowest BCUT2D eigenvalue weighted by Crippen LogP contribution is -2.05. The summed E-state index contributed by atoms with van der Waals surface area (Å²) in [6.45, 7) is 0.664. The van der Waals surface area contributed by atoms with Crippen molar-refractivity contribution in [2.45, 2.75) is 19.3 Å². The number of aliphatic hydroxyl groups excluding tert-OH is 1. The largest absolute Gasteiger partial charge is 0.490 e. The fourth-order valence-electron chi connectivity index (χ4n) is 1.62. The molecule has 1 aromatic carbocycles. The van der Waals surface area contributed by atoms with Gasteiger partial charge in [-0.15, -0.1) is 0 Å². The highest BCUT2D eigenvalue weighted by atomic mass is 19.1. The van der Waals surface area contributed by atoms with Gasteiger partial charge in [-0.3, -0.25) is 10.1 Å². The molecular weight excluding hydrogens is 255 g/mol. The number of unbranched alkanes of at least 4 members (excludes halogenated alkanes) is 2. The van der Waals surface area contributed by atoms with Crippen molar-refractivity contribution in [2.24, 2.45) is 0 Å². The second-order valence-electron chi connectivity index (χ2n) is 3.97. The van der Waals surface area contributed by atoms with E-state index in [1.54, 1.807) is 0 Å². The molecule has 0 radical (unpaired) electrons.